The van der Waals surface area contributed by atoms with Crippen molar-refractivity contribution in [1.82, 2.24) is 0 Å². The van der Waals surface area contributed by atoms with Crippen molar-refractivity contribution < 1.29 is 23.1 Å². The maximum absolute atomic E-state index is 12.5. The molecule has 1 atom stereocenters. The topological polar surface area (TPSA) is 61.1 Å². The maximum Gasteiger partial charge on any atom is 0.397 e. The van der Waals surface area contributed by atoms with Crippen LogP contribution in [0.5, 0.6) is 0 Å². The highest BCUT2D eigenvalue weighted by Crippen LogP contribution is 2.40. The van der Waals surface area contributed by atoms with Gasteiger partial charge in [0.15, 0.2) is 0 Å². The molecule has 0 saturated heterocycles. The fourth-order valence-corrected chi connectivity index (χ4v) is 2.08. The van der Waals surface area contributed by atoms with Crippen molar-refractivity contribution in [3.8, 4) is 6.07 Å². The zero-order valence-corrected chi connectivity index (χ0v) is 8.60. The van der Waals surface area contributed by atoms with Crippen LogP contribution in [-0.4, -0.2) is 17.3 Å². The van der Waals surface area contributed by atoms with Crippen LogP contribution >= 0.6 is 11.3 Å². The van der Waals surface area contributed by atoms with Gasteiger partial charge < -0.3 is 5.11 Å². The Morgan fingerprint density at radius 1 is 1.56 bits per heavy atom. The number of alkyl halides is 3. The fraction of sp³-hybridized carbons (Fsp3) is 0.333. The minimum atomic E-state index is -4.62. The summed E-state index contributed by atoms with van der Waals surface area (Å²) in [7, 11) is 0. The van der Waals surface area contributed by atoms with E-state index in [2.05, 4.69) is 0 Å². The number of carboxylic acids is 1. The first-order valence-corrected chi connectivity index (χ1v) is 4.94. The number of nitriles is 1. The first kappa shape index (κ1) is 12.5. The Labute approximate surface area is 92.7 Å². The van der Waals surface area contributed by atoms with Crippen LogP contribution in [-0.2, 0) is 4.79 Å². The average molecular weight is 249 g/mol. The number of halogens is 3. The molecule has 7 heteroatoms. The van der Waals surface area contributed by atoms with Gasteiger partial charge in [0.1, 0.15) is 10.9 Å². The zero-order valence-electron chi connectivity index (χ0n) is 7.78. The summed E-state index contributed by atoms with van der Waals surface area (Å²) in [6, 6.07) is 4.10. The highest BCUT2D eigenvalue weighted by atomic mass is 32.1. The van der Waals surface area contributed by atoms with Crippen molar-refractivity contribution in [2.24, 2.45) is 0 Å². The van der Waals surface area contributed by atoms with Crippen molar-refractivity contribution in [3.05, 3.63) is 21.9 Å². The second-order valence-corrected chi connectivity index (χ2v) is 4.12. The molecule has 1 rings (SSSR count). The SMILES string of the molecule is N#Cc1ccc(C(CC(=O)O)C(F)(F)F)s1. The van der Waals surface area contributed by atoms with Gasteiger partial charge in [0.25, 0.3) is 0 Å². The predicted molar refractivity (Wildman–Crippen MR) is 50.1 cm³/mol. The average Bonchev–Trinajstić information content (AvgIpc) is 2.60. The van der Waals surface area contributed by atoms with E-state index in [9.17, 15) is 18.0 Å². The van der Waals surface area contributed by atoms with Crippen LogP contribution in [0.3, 0.4) is 0 Å². The van der Waals surface area contributed by atoms with Gasteiger partial charge in [0.2, 0.25) is 0 Å². The third-order valence-electron chi connectivity index (χ3n) is 1.85. The number of nitrogens with zero attached hydrogens (tertiary/aromatic N) is 1. The largest absolute Gasteiger partial charge is 0.481 e. The van der Waals surface area contributed by atoms with Crippen LogP contribution in [0.1, 0.15) is 22.1 Å². The Hall–Kier alpha value is -1.55. The molecular formula is C9H6F3NO2S. The number of hydrogen-bond donors (Lipinski definition) is 1. The highest BCUT2D eigenvalue weighted by molar-refractivity contribution is 7.12. The van der Waals surface area contributed by atoms with Gasteiger partial charge in [0, 0.05) is 4.88 Å². The molecule has 3 nitrogen and oxygen atoms in total. The molecule has 0 aliphatic rings. The van der Waals surface area contributed by atoms with E-state index in [4.69, 9.17) is 10.4 Å². The fourth-order valence-electron chi connectivity index (χ4n) is 1.15. The van der Waals surface area contributed by atoms with Crippen LogP contribution in [0.15, 0.2) is 12.1 Å². The van der Waals surface area contributed by atoms with Gasteiger partial charge in [-0.15, -0.1) is 11.3 Å². The predicted octanol–water partition coefficient (Wildman–Crippen LogP) is 2.74. The third kappa shape index (κ3) is 2.97. The Bertz CT molecular complexity index is 433. The normalized spacial score (nSPS) is 13.1. The van der Waals surface area contributed by atoms with Gasteiger partial charge in [-0.3, -0.25) is 4.79 Å². The molecule has 0 aromatic carbocycles. The monoisotopic (exact) mass is 249 g/mol. The van der Waals surface area contributed by atoms with E-state index in [1.54, 1.807) is 6.07 Å². The molecule has 1 aromatic rings. The lowest BCUT2D eigenvalue weighted by atomic mass is 10.0. The summed E-state index contributed by atoms with van der Waals surface area (Å²) < 4.78 is 37.6. The van der Waals surface area contributed by atoms with Crippen molar-refractivity contribution in [2.75, 3.05) is 0 Å². The van der Waals surface area contributed by atoms with E-state index in [0.717, 1.165) is 6.07 Å². The summed E-state index contributed by atoms with van der Waals surface area (Å²) in [4.78, 5) is 10.3. The van der Waals surface area contributed by atoms with Crippen molar-refractivity contribution >= 4 is 17.3 Å². The molecule has 0 bridgehead atoms. The molecule has 0 amide bonds. The Morgan fingerprint density at radius 3 is 2.56 bits per heavy atom. The quantitative estimate of drug-likeness (QED) is 0.895. The maximum atomic E-state index is 12.5. The second kappa shape index (κ2) is 4.53. The van der Waals surface area contributed by atoms with Gasteiger partial charge >= 0.3 is 12.1 Å². The molecule has 1 aromatic heterocycles. The van der Waals surface area contributed by atoms with Crippen molar-refractivity contribution in [2.45, 2.75) is 18.5 Å². The van der Waals surface area contributed by atoms with Crippen LogP contribution in [0.25, 0.3) is 0 Å². The smallest absolute Gasteiger partial charge is 0.397 e. The number of carbonyl (C=O) groups is 1. The standard InChI is InChI=1S/C9H6F3NO2S/c10-9(11,12)6(3-8(14)15)7-2-1-5(4-13)16-7/h1-2,6H,3H2,(H,14,15). The molecular weight excluding hydrogens is 243 g/mol. The molecule has 0 saturated carbocycles. The minimum absolute atomic E-state index is 0.134. The summed E-state index contributed by atoms with van der Waals surface area (Å²) in [6.45, 7) is 0. The van der Waals surface area contributed by atoms with Crippen LogP contribution < -0.4 is 0 Å². The number of carboxylic acid groups (broad SMARTS) is 1. The van der Waals surface area contributed by atoms with Gasteiger partial charge in [-0.25, -0.2) is 0 Å². The lowest BCUT2D eigenvalue weighted by molar-refractivity contribution is -0.162. The van der Waals surface area contributed by atoms with Crippen molar-refractivity contribution in [1.29, 1.82) is 5.26 Å². The molecule has 0 aliphatic heterocycles. The molecule has 0 aliphatic carbocycles. The van der Waals surface area contributed by atoms with E-state index in [0.29, 0.717) is 11.3 Å². The summed E-state index contributed by atoms with van der Waals surface area (Å²) in [5.74, 6) is -3.56. The summed E-state index contributed by atoms with van der Waals surface area (Å²) in [5.41, 5.74) is 0. The van der Waals surface area contributed by atoms with Gasteiger partial charge in [-0.2, -0.15) is 18.4 Å². The van der Waals surface area contributed by atoms with E-state index in [-0.39, 0.29) is 9.75 Å². The lowest BCUT2D eigenvalue weighted by Gasteiger charge is -2.16. The molecule has 0 radical (unpaired) electrons. The molecule has 86 valence electrons. The molecule has 16 heavy (non-hydrogen) atoms. The number of thiophene rings is 1. The Morgan fingerprint density at radius 2 is 2.19 bits per heavy atom. The van der Waals surface area contributed by atoms with E-state index < -0.39 is 24.5 Å². The van der Waals surface area contributed by atoms with E-state index in [1.807, 2.05) is 0 Å². The number of hydrogen-bond acceptors (Lipinski definition) is 3. The van der Waals surface area contributed by atoms with E-state index in [1.165, 1.54) is 6.07 Å². The van der Waals surface area contributed by atoms with Gasteiger partial charge in [-0.1, -0.05) is 0 Å². The molecule has 1 heterocycles. The minimum Gasteiger partial charge on any atom is -0.481 e. The molecule has 1 N–H and O–H groups in total. The zero-order chi connectivity index (χ0) is 12.3. The number of aliphatic carboxylic acids is 1. The summed E-state index contributed by atoms with van der Waals surface area (Å²) >= 11 is 0.665. The summed E-state index contributed by atoms with van der Waals surface area (Å²) in [5, 5.41) is 16.9. The lowest BCUT2D eigenvalue weighted by Crippen LogP contribution is -2.22. The Kier molecular flexibility index (Phi) is 3.55. The summed E-state index contributed by atoms with van der Waals surface area (Å²) in [6.07, 6.45) is -5.63. The van der Waals surface area contributed by atoms with Crippen LogP contribution in [0.2, 0.25) is 0 Å². The molecule has 1 unspecified atom stereocenters. The van der Waals surface area contributed by atoms with Gasteiger partial charge in [-0.05, 0) is 12.1 Å². The first-order valence-electron chi connectivity index (χ1n) is 4.13. The van der Waals surface area contributed by atoms with Crippen LogP contribution in [0.4, 0.5) is 13.2 Å². The molecule has 0 spiro atoms. The van der Waals surface area contributed by atoms with Crippen molar-refractivity contribution in [3.63, 3.8) is 0 Å². The Balaban J connectivity index is 3.02. The van der Waals surface area contributed by atoms with Gasteiger partial charge in [0.05, 0.1) is 12.3 Å². The van der Waals surface area contributed by atoms with Crippen LogP contribution in [0, 0.1) is 11.3 Å². The van der Waals surface area contributed by atoms with E-state index >= 15 is 0 Å². The first-order chi connectivity index (χ1) is 7.34. The molecule has 0 fully saturated rings. The third-order valence-corrected chi connectivity index (χ3v) is 2.96. The second-order valence-electron chi connectivity index (χ2n) is 3.01. The highest BCUT2D eigenvalue weighted by Gasteiger charge is 2.42. The number of rotatable bonds is 3.